The fourth-order valence-corrected chi connectivity index (χ4v) is 4.73. The van der Waals surface area contributed by atoms with E-state index in [1.165, 1.54) is 12.1 Å². The second-order valence-electron chi connectivity index (χ2n) is 7.09. The highest BCUT2D eigenvalue weighted by Crippen LogP contribution is 2.25. The number of halogens is 1. The summed E-state index contributed by atoms with van der Waals surface area (Å²) in [4.78, 5) is 13.0. The van der Waals surface area contributed by atoms with Crippen LogP contribution in [0.5, 0.6) is 5.75 Å². The number of nitrogens with one attached hydrogen (secondary N) is 1. The SMILES string of the molecule is CCOc1ccc([C@@H](C)NC(=O)CN(c2ccc(Cl)cc2)S(=O)(=O)c2ccccc2)cc1. The van der Waals surface area contributed by atoms with Crippen molar-refractivity contribution in [2.75, 3.05) is 17.5 Å². The molecular formula is C24H25ClN2O4S. The van der Waals surface area contributed by atoms with E-state index >= 15 is 0 Å². The average Bonchev–Trinajstić information content (AvgIpc) is 2.79. The third kappa shape index (κ3) is 5.81. The maximum atomic E-state index is 13.3. The standard InChI is InChI=1S/C24H25ClN2O4S/c1-3-31-22-15-9-19(10-16-22)18(2)26-24(28)17-27(21-13-11-20(25)12-14-21)32(29,30)23-7-5-4-6-8-23/h4-16,18H,3,17H2,1-2H3,(H,26,28)/t18-/m1/s1. The van der Waals surface area contributed by atoms with Crippen molar-refractivity contribution in [3.05, 3.63) is 89.4 Å². The molecule has 0 saturated heterocycles. The molecule has 32 heavy (non-hydrogen) atoms. The second kappa shape index (κ2) is 10.5. The summed E-state index contributed by atoms with van der Waals surface area (Å²) >= 11 is 5.96. The fraction of sp³-hybridized carbons (Fsp3) is 0.208. The molecule has 0 aliphatic rings. The van der Waals surface area contributed by atoms with Crippen LogP contribution in [0.2, 0.25) is 5.02 Å². The summed E-state index contributed by atoms with van der Waals surface area (Å²) in [5.41, 5.74) is 1.23. The van der Waals surface area contributed by atoms with Crippen LogP contribution in [0.1, 0.15) is 25.5 Å². The van der Waals surface area contributed by atoms with Crippen LogP contribution in [0.25, 0.3) is 0 Å². The van der Waals surface area contributed by atoms with Crippen molar-refractivity contribution in [3.8, 4) is 5.75 Å². The normalized spacial score (nSPS) is 12.1. The molecule has 1 atom stereocenters. The molecule has 1 amide bonds. The van der Waals surface area contributed by atoms with Crippen molar-refractivity contribution in [1.82, 2.24) is 5.32 Å². The van der Waals surface area contributed by atoms with Crippen LogP contribution in [0, 0.1) is 0 Å². The lowest BCUT2D eigenvalue weighted by Crippen LogP contribution is -2.41. The van der Waals surface area contributed by atoms with Gasteiger partial charge in [0.2, 0.25) is 5.91 Å². The van der Waals surface area contributed by atoms with E-state index in [1.807, 2.05) is 38.1 Å². The van der Waals surface area contributed by atoms with Crippen LogP contribution in [0.15, 0.2) is 83.8 Å². The van der Waals surface area contributed by atoms with E-state index in [0.717, 1.165) is 15.6 Å². The van der Waals surface area contributed by atoms with Gasteiger partial charge in [-0.3, -0.25) is 9.10 Å². The van der Waals surface area contributed by atoms with Gasteiger partial charge in [0.15, 0.2) is 0 Å². The first-order chi connectivity index (χ1) is 15.3. The lowest BCUT2D eigenvalue weighted by atomic mass is 10.1. The summed E-state index contributed by atoms with van der Waals surface area (Å²) in [5, 5.41) is 3.34. The predicted molar refractivity (Wildman–Crippen MR) is 127 cm³/mol. The number of ether oxygens (including phenoxy) is 1. The molecule has 0 bridgehead atoms. The molecule has 0 aromatic heterocycles. The van der Waals surface area contributed by atoms with Crippen LogP contribution in [0.4, 0.5) is 5.69 Å². The number of anilines is 1. The third-order valence-corrected chi connectivity index (χ3v) is 6.84. The highest BCUT2D eigenvalue weighted by molar-refractivity contribution is 7.92. The van der Waals surface area contributed by atoms with Crippen LogP contribution in [0.3, 0.4) is 0 Å². The van der Waals surface area contributed by atoms with Crippen molar-refractivity contribution in [3.63, 3.8) is 0 Å². The maximum absolute atomic E-state index is 13.3. The molecular weight excluding hydrogens is 448 g/mol. The zero-order chi connectivity index (χ0) is 23.1. The van der Waals surface area contributed by atoms with Crippen molar-refractivity contribution in [1.29, 1.82) is 0 Å². The van der Waals surface area contributed by atoms with Crippen molar-refractivity contribution < 1.29 is 17.9 Å². The summed E-state index contributed by atoms with van der Waals surface area (Å²) in [7, 11) is -3.96. The molecule has 3 rings (SSSR count). The lowest BCUT2D eigenvalue weighted by Gasteiger charge is -2.25. The minimum atomic E-state index is -3.96. The maximum Gasteiger partial charge on any atom is 0.264 e. The number of sulfonamides is 1. The number of carbonyl (C=O) groups excluding carboxylic acids is 1. The van der Waals surface area contributed by atoms with Gasteiger partial charge in [-0.05, 0) is 67.9 Å². The Balaban J connectivity index is 1.81. The number of amides is 1. The number of hydrogen-bond acceptors (Lipinski definition) is 4. The molecule has 0 spiro atoms. The Bertz CT molecular complexity index is 1130. The molecule has 0 radical (unpaired) electrons. The van der Waals surface area contributed by atoms with Gasteiger partial charge in [0.05, 0.1) is 23.2 Å². The van der Waals surface area contributed by atoms with Crippen LogP contribution in [-0.2, 0) is 14.8 Å². The van der Waals surface area contributed by atoms with Gasteiger partial charge < -0.3 is 10.1 Å². The van der Waals surface area contributed by atoms with Crippen molar-refractivity contribution in [2.45, 2.75) is 24.8 Å². The molecule has 0 saturated carbocycles. The van der Waals surface area contributed by atoms with Gasteiger partial charge in [0, 0.05) is 5.02 Å². The zero-order valence-electron chi connectivity index (χ0n) is 17.9. The van der Waals surface area contributed by atoms with E-state index in [9.17, 15) is 13.2 Å². The molecule has 3 aromatic carbocycles. The summed E-state index contributed by atoms with van der Waals surface area (Å²) in [5.74, 6) is 0.318. The predicted octanol–water partition coefficient (Wildman–Crippen LogP) is 4.81. The van der Waals surface area contributed by atoms with E-state index in [1.54, 1.807) is 42.5 Å². The summed E-state index contributed by atoms with van der Waals surface area (Å²) < 4.78 is 33.1. The average molecular weight is 473 g/mol. The van der Waals surface area contributed by atoms with Crippen LogP contribution >= 0.6 is 11.6 Å². The number of benzene rings is 3. The Morgan fingerprint density at radius 3 is 2.22 bits per heavy atom. The minimum absolute atomic E-state index is 0.0994. The van der Waals surface area contributed by atoms with Gasteiger partial charge in [-0.2, -0.15) is 0 Å². The molecule has 8 heteroatoms. The minimum Gasteiger partial charge on any atom is -0.494 e. The summed E-state index contributed by atoms with van der Waals surface area (Å²) in [6.07, 6.45) is 0. The van der Waals surface area contributed by atoms with E-state index in [0.29, 0.717) is 17.3 Å². The van der Waals surface area contributed by atoms with E-state index in [2.05, 4.69) is 5.32 Å². The fourth-order valence-electron chi connectivity index (χ4n) is 3.16. The number of carbonyl (C=O) groups is 1. The highest BCUT2D eigenvalue weighted by atomic mass is 35.5. The molecule has 168 valence electrons. The van der Waals surface area contributed by atoms with Gasteiger partial charge in [0.1, 0.15) is 12.3 Å². The molecule has 0 fully saturated rings. The number of rotatable bonds is 9. The first-order valence-corrected chi connectivity index (χ1v) is 12.0. The van der Waals surface area contributed by atoms with Gasteiger partial charge in [-0.25, -0.2) is 8.42 Å². The van der Waals surface area contributed by atoms with Crippen LogP contribution in [-0.4, -0.2) is 27.5 Å². The monoisotopic (exact) mass is 472 g/mol. The largest absolute Gasteiger partial charge is 0.494 e. The molecule has 6 nitrogen and oxygen atoms in total. The molecule has 0 aliphatic heterocycles. The van der Waals surface area contributed by atoms with E-state index < -0.39 is 15.9 Å². The van der Waals surface area contributed by atoms with Crippen molar-refractivity contribution >= 4 is 33.2 Å². The number of nitrogens with zero attached hydrogens (tertiary/aromatic N) is 1. The Labute approximate surface area is 193 Å². The topological polar surface area (TPSA) is 75.7 Å². The lowest BCUT2D eigenvalue weighted by molar-refractivity contribution is -0.120. The highest BCUT2D eigenvalue weighted by Gasteiger charge is 2.27. The Kier molecular flexibility index (Phi) is 7.77. The third-order valence-electron chi connectivity index (χ3n) is 4.80. The van der Waals surface area contributed by atoms with Gasteiger partial charge in [0.25, 0.3) is 10.0 Å². The van der Waals surface area contributed by atoms with E-state index in [4.69, 9.17) is 16.3 Å². The first-order valence-electron chi connectivity index (χ1n) is 10.2. The Morgan fingerprint density at radius 1 is 1.00 bits per heavy atom. The quantitative estimate of drug-likeness (QED) is 0.484. The summed E-state index contributed by atoms with van der Waals surface area (Å²) in [6, 6.07) is 21.4. The smallest absolute Gasteiger partial charge is 0.264 e. The second-order valence-corrected chi connectivity index (χ2v) is 9.39. The zero-order valence-corrected chi connectivity index (χ0v) is 19.4. The Morgan fingerprint density at radius 2 is 1.62 bits per heavy atom. The molecule has 0 aliphatic carbocycles. The van der Waals surface area contributed by atoms with Gasteiger partial charge >= 0.3 is 0 Å². The molecule has 0 heterocycles. The van der Waals surface area contributed by atoms with Gasteiger partial charge in [-0.1, -0.05) is 41.9 Å². The molecule has 1 N–H and O–H groups in total. The number of hydrogen-bond donors (Lipinski definition) is 1. The van der Waals surface area contributed by atoms with Crippen molar-refractivity contribution in [2.24, 2.45) is 0 Å². The van der Waals surface area contributed by atoms with Crippen LogP contribution < -0.4 is 14.4 Å². The Hall–Kier alpha value is -3.03. The first kappa shape index (κ1) is 23.6. The summed E-state index contributed by atoms with van der Waals surface area (Å²) in [6.45, 7) is 3.95. The van der Waals surface area contributed by atoms with Gasteiger partial charge in [-0.15, -0.1) is 0 Å². The van der Waals surface area contributed by atoms with E-state index in [-0.39, 0.29) is 17.5 Å². The molecule has 0 unspecified atom stereocenters. The molecule has 3 aromatic rings.